The normalized spacial score (nSPS) is 10.1. The summed E-state index contributed by atoms with van der Waals surface area (Å²) < 4.78 is 27.9. The van der Waals surface area contributed by atoms with Gasteiger partial charge in [0, 0.05) is 0 Å². The number of ether oxygens (including phenoxy) is 1. The number of hydrogen-bond donors (Lipinski definition) is 0. The summed E-state index contributed by atoms with van der Waals surface area (Å²) in [7, 11) is 0. The Morgan fingerprint density at radius 2 is 1.82 bits per heavy atom. The molecule has 0 aliphatic carbocycles. The molecule has 0 aromatic heterocycles. The van der Waals surface area contributed by atoms with Crippen molar-refractivity contribution in [3.63, 3.8) is 0 Å². The standard InChI is InChI=1S/C9H5F2NO5/c10-9(11)17-8-2-7(12(15)16)5(3-13)1-6(8)4-14/h1-4,9H. The molecule has 1 aromatic carbocycles. The number of carbonyl (C=O) groups is 2. The molecule has 0 aliphatic rings. The van der Waals surface area contributed by atoms with Gasteiger partial charge >= 0.3 is 6.61 Å². The SMILES string of the molecule is O=Cc1cc(C=O)c([N+](=O)[O-])cc1OC(F)F. The van der Waals surface area contributed by atoms with Gasteiger partial charge in [-0.2, -0.15) is 8.78 Å². The number of nitro groups is 1. The Bertz CT molecular complexity index is 475. The predicted molar refractivity (Wildman–Crippen MR) is 50.5 cm³/mol. The highest BCUT2D eigenvalue weighted by Crippen LogP contribution is 2.28. The smallest absolute Gasteiger partial charge is 0.387 e. The number of alkyl halides is 2. The highest BCUT2D eigenvalue weighted by atomic mass is 19.3. The molecular weight excluding hydrogens is 240 g/mol. The lowest BCUT2D eigenvalue weighted by molar-refractivity contribution is -0.385. The lowest BCUT2D eigenvalue weighted by atomic mass is 10.1. The lowest BCUT2D eigenvalue weighted by Crippen LogP contribution is -2.06. The van der Waals surface area contributed by atoms with Gasteiger partial charge in [0.25, 0.3) is 5.69 Å². The Labute approximate surface area is 92.9 Å². The van der Waals surface area contributed by atoms with Crippen LogP contribution >= 0.6 is 0 Å². The topological polar surface area (TPSA) is 86.5 Å². The number of carbonyl (C=O) groups excluding carboxylic acids is 2. The van der Waals surface area contributed by atoms with E-state index in [9.17, 15) is 28.5 Å². The molecule has 0 saturated carbocycles. The summed E-state index contributed by atoms with van der Waals surface area (Å²) in [6.45, 7) is -3.23. The number of benzene rings is 1. The molecule has 0 spiro atoms. The molecule has 6 nitrogen and oxygen atoms in total. The van der Waals surface area contributed by atoms with E-state index in [0.717, 1.165) is 6.07 Å². The first kappa shape index (κ1) is 12.7. The second kappa shape index (κ2) is 5.10. The van der Waals surface area contributed by atoms with E-state index in [-0.39, 0.29) is 18.1 Å². The van der Waals surface area contributed by atoms with Crippen LogP contribution in [0.3, 0.4) is 0 Å². The third-order valence-corrected chi connectivity index (χ3v) is 1.83. The molecule has 0 saturated heterocycles. The molecule has 0 bridgehead atoms. The number of halogens is 2. The molecule has 0 amide bonds. The van der Waals surface area contributed by atoms with E-state index in [2.05, 4.69) is 4.74 Å². The Hall–Kier alpha value is -2.38. The molecule has 0 radical (unpaired) electrons. The van der Waals surface area contributed by atoms with Crippen molar-refractivity contribution in [3.8, 4) is 5.75 Å². The van der Waals surface area contributed by atoms with Crippen LogP contribution in [0.1, 0.15) is 20.7 Å². The molecule has 90 valence electrons. The van der Waals surface area contributed by atoms with Crippen LogP contribution in [0, 0.1) is 10.1 Å². The molecular formula is C9H5F2NO5. The second-order valence-electron chi connectivity index (χ2n) is 2.82. The molecule has 0 unspecified atom stereocenters. The highest BCUT2D eigenvalue weighted by Gasteiger charge is 2.20. The minimum Gasteiger partial charge on any atom is -0.434 e. The van der Waals surface area contributed by atoms with Gasteiger partial charge in [-0.1, -0.05) is 0 Å². The van der Waals surface area contributed by atoms with Gasteiger partial charge in [0.05, 0.1) is 22.1 Å². The zero-order valence-electron chi connectivity index (χ0n) is 8.13. The summed E-state index contributed by atoms with van der Waals surface area (Å²) in [5, 5.41) is 10.5. The quantitative estimate of drug-likeness (QED) is 0.448. The molecule has 17 heavy (non-hydrogen) atoms. The fourth-order valence-corrected chi connectivity index (χ4v) is 1.15. The Balaban J connectivity index is 3.38. The van der Waals surface area contributed by atoms with Crippen LogP contribution in [0.15, 0.2) is 12.1 Å². The molecule has 0 heterocycles. The fourth-order valence-electron chi connectivity index (χ4n) is 1.15. The van der Waals surface area contributed by atoms with Gasteiger partial charge in [-0.3, -0.25) is 19.7 Å². The predicted octanol–water partition coefficient (Wildman–Crippen LogP) is 1.82. The fraction of sp³-hybridized carbons (Fsp3) is 0.111. The first-order valence-electron chi connectivity index (χ1n) is 4.17. The van der Waals surface area contributed by atoms with Crippen molar-refractivity contribution in [2.24, 2.45) is 0 Å². The van der Waals surface area contributed by atoms with Crippen molar-refractivity contribution in [3.05, 3.63) is 33.4 Å². The van der Waals surface area contributed by atoms with Crippen molar-refractivity contribution >= 4 is 18.3 Å². The van der Waals surface area contributed by atoms with Crippen LogP contribution < -0.4 is 4.74 Å². The maximum absolute atomic E-state index is 12.0. The zero-order valence-corrected chi connectivity index (χ0v) is 8.13. The number of aldehydes is 2. The molecule has 0 N–H and O–H groups in total. The maximum atomic E-state index is 12.0. The van der Waals surface area contributed by atoms with Crippen LogP contribution in [-0.4, -0.2) is 24.1 Å². The molecule has 0 atom stereocenters. The minimum atomic E-state index is -3.23. The number of hydrogen-bond acceptors (Lipinski definition) is 5. The summed E-state index contributed by atoms with van der Waals surface area (Å²) in [6.07, 6.45) is 0.311. The average molecular weight is 245 g/mol. The van der Waals surface area contributed by atoms with Gasteiger partial charge < -0.3 is 4.74 Å². The second-order valence-corrected chi connectivity index (χ2v) is 2.82. The van der Waals surface area contributed by atoms with E-state index in [4.69, 9.17) is 0 Å². The van der Waals surface area contributed by atoms with Crippen LogP contribution in [0.2, 0.25) is 0 Å². The van der Waals surface area contributed by atoms with Crippen LogP contribution in [0.25, 0.3) is 0 Å². The van der Waals surface area contributed by atoms with E-state index in [1.54, 1.807) is 0 Å². The van der Waals surface area contributed by atoms with Crippen LogP contribution in [0.4, 0.5) is 14.5 Å². The van der Waals surface area contributed by atoms with Crippen LogP contribution in [-0.2, 0) is 0 Å². The van der Waals surface area contributed by atoms with Crippen molar-refractivity contribution in [2.75, 3.05) is 0 Å². The summed E-state index contributed by atoms with van der Waals surface area (Å²) in [4.78, 5) is 30.7. The maximum Gasteiger partial charge on any atom is 0.387 e. The molecule has 0 aliphatic heterocycles. The van der Waals surface area contributed by atoms with E-state index in [1.165, 1.54) is 0 Å². The summed E-state index contributed by atoms with van der Waals surface area (Å²) in [6, 6.07) is 1.43. The minimum absolute atomic E-state index is 0.150. The molecule has 0 fully saturated rings. The van der Waals surface area contributed by atoms with Crippen molar-refractivity contribution in [1.82, 2.24) is 0 Å². The van der Waals surface area contributed by atoms with Crippen molar-refractivity contribution in [2.45, 2.75) is 6.61 Å². The van der Waals surface area contributed by atoms with E-state index in [0.29, 0.717) is 6.07 Å². The highest BCUT2D eigenvalue weighted by molar-refractivity contribution is 5.89. The van der Waals surface area contributed by atoms with Crippen LogP contribution in [0.5, 0.6) is 5.75 Å². The third-order valence-electron chi connectivity index (χ3n) is 1.83. The van der Waals surface area contributed by atoms with Gasteiger partial charge in [-0.25, -0.2) is 0 Å². The Morgan fingerprint density at radius 1 is 1.24 bits per heavy atom. The first-order chi connectivity index (χ1) is 7.99. The van der Waals surface area contributed by atoms with E-state index in [1.807, 2.05) is 0 Å². The Kier molecular flexibility index (Phi) is 3.81. The molecule has 1 rings (SSSR count). The lowest BCUT2D eigenvalue weighted by Gasteiger charge is -2.07. The Morgan fingerprint density at radius 3 is 2.24 bits per heavy atom. The molecule has 8 heteroatoms. The van der Waals surface area contributed by atoms with Gasteiger partial charge in [-0.05, 0) is 6.07 Å². The number of nitro benzene ring substituents is 1. The van der Waals surface area contributed by atoms with E-state index < -0.39 is 28.5 Å². The summed E-state index contributed by atoms with van der Waals surface area (Å²) in [5.74, 6) is -0.646. The summed E-state index contributed by atoms with van der Waals surface area (Å²) in [5.41, 5.74) is -1.46. The summed E-state index contributed by atoms with van der Waals surface area (Å²) >= 11 is 0. The first-order valence-corrected chi connectivity index (χ1v) is 4.17. The van der Waals surface area contributed by atoms with E-state index >= 15 is 0 Å². The number of rotatable bonds is 5. The zero-order chi connectivity index (χ0) is 13.0. The largest absolute Gasteiger partial charge is 0.434 e. The third kappa shape index (κ3) is 2.80. The van der Waals surface area contributed by atoms with Crippen molar-refractivity contribution < 1.29 is 28.0 Å². The van der Waals surface area contributed by atoms with Gasteiger partial charge in [0.2, 0.25) is 0 Å². The van der Waals surface area contributed by atoms with Gasteiger partial charge in [-0.15, -0.1) is 0 Å². The average Bonchev–Trinajstić information content (AvgIpc) is 2.27. The number of nitrogens with zero attached hydrogens (tertiary/aromatic N) is 1. The van der Waals surface area contributed by atoms with Crippen molar-refractivity contribution in [1.29, 1.82) is 0 Å². The van der Waals surface area contributed by atoms with Gasteiger partial charge in [0.15, 0.2) is 12.6 Å². The van der Waals surface area contributed by atoms with Gasteiger partial charge in [0.1, 0.15) is 5.75 Å². The monoisotopic (exact) mass is 245 g/mol. The molecule has 1 aromatic rings.